The van der Waals surface area contributed by atoms with Crippen molar-refractivity contribution in [3.8, 4) is 11.3 Å². The standard InChI is InChI=1S/C19H22N4O3/c1-10-7-14(12(3)25-10)16-8-15(17-11(2)22-26-18(17)21-16)19(24)23(4)13-5-6-20-9-13/h7-8,13,20H,5-6,9H2,1-4H3. The van der Waals surface area contributed by atoms with Crippen molar-refractivity contribution in [2.75, 3.05) is 20.1 Å². The maximum Gasteiger partial charge on any atom is 0.259 e. The van der Waals surface area contributed by atoms with E-state index >= 15 is 0 Å². The molecule has 4 rings (SSSR count). The number of rotatable bonds is 3. The summed E-state index contributed by atoms with van der Waals surface area (Å²) in [6, 6.07) is 3.93. The van der Waals surface area contributed by atoms with Crippen LogP contribution in [-0.4, -0.2) is 47.1 Å². The average Bonchev–Trinajstić information content (AvgIpc) is 3.34. The maximum atomic E-state index is 13.2. The zero-order chi connectivity index (χ0) is 18.4. The van der Waals surface area contributed by atoms with Crippen LogP contribution in [0, 0.1) is 20.8 Å². The number of likely N-dealkylation sites (N-methyl/N-ethyl adjacent to an activating group) is 1. The Hall–Kier alpha value is -2.67. The zero-order valence-electron chi connectivity index (χ0n) is 15.4. The lowest BCUT2D eigenvalue weighted by molar-refractivity contribution is 0.0745. The van der Waals surface area contributed by atoms with Crippen LogP contribution in [0.5, 0.6) is 0 Å². The van der Waals surface area contributed by atoms with E-state index in [1.54, 1.807) is 4.90 Å². The molecule has 1 saturated heterocycles. The molecule has 0 aliphatic carbocycles. The second-order valence-corrected chi connectivity index (χ2v) is 6.89. The summed E-state index contributed by atoms with van der Waals surface area (Å²) in [6.07, 6.45) is 0.950. The van der Waals surface area contributed by atoms with Gasteiger partial charge in [-0.15, -0.1) is 0 Å². The van der Waals surface area contributed by atoms with Crippen molar-refractivity contribution in [3.05, 3.63) is 34.9 Å². The zero-order valence-corrected chi connectivity index (χ0v) is 15.4. The van der Waals surface area contributed by atoms with Gasteiger partial charge in [0.25, 0.3) is 11.6 Å². The van der Waals surface area contributed by atoms with E-state index < -0.39 is 0 Å². The average molecular weight is 354 g/mol. The number of nitrogens with one attached hydrogen (secondary N) is 1. The predicted molar refractivity (Wildman–Crippen MR) is 97.1 cm³/mol. The molecule has 7 nitrogen and oxygen atoms in total. The minimum atomic E-state index is -0.0449. The van der Waals surface area contributed by atoms with Gasteiger partial charge in [-0.05, 0) is 45.9 Å². The van der Waals surface area contributed by atoms with Gasteiger partial charge in [0.05, 0.1) is 22.3 Å². The summed E-state index contributed by atoms with van der Waals surface area (Å²) in [7, 11) is 1.85. The van der Waals surface area contributed by atoms with E-state index in [1.807, 2.05) is 40.0 Å². The highest BCUT2D eigenvalue weighted by atomic mass is 16.5. The molecule has 0 spiro atoms. The van der Waals surface area contributed by atoms with Crippen molar-refractivity contribution in [1.29, 1.82) is 0 Å². The second-order valence-electron chi connectivity index (χ2n) is 6.89. The van der Waals surface area contributed by atoms with Gasteiger partial charge in [0, 0.05) is 25.2 Å². The van der Waals surface area contributed by atoms with Crippen LogP contribution < -0.4 is 5.32 Å². The van der Waals surface area contributed by atoms with Gasteiger partial charge in [-0.1, -0.05) is 5.16 Å². The van der Waals surface area contributed by atoms with Crippen molar-refractivity contribution in [3.63, 3.8) is 0 Å². The predicted octanol–water partition coefficient (Wildman–Crippen LogP) is 2.84. The van der Waals surface area contributed by atoms with Crippen LogP contribution in [0.1, 0.15) is 34.0 Å². The topological polar surface area (TPSA) is 84.4 Å². The molecule has 136 valence electrons. The summed E-state index contributed by atoms with van der Waals surface area (Å²) < 4.78 is 11.0. The Balaban J connectivity index is 1.85. The number of pyridine rings is 1. The Morgan fingerprint density at radius 2 is 2.12 bits per heavy atom. The smallest absolute Gasteiger partial charge is 0.259 e. The second kappa shape index (κ2) is 6.25. The van der Waals surface area contributed by atoms with Crippen molar-refractivity contribution < 1.29 is 13.7 Å². The van der Waals surface area contributed by atoms with Crippen molar-refractivity contribution in [2.45, 2.75) is 33.2 Å². The summed E-state index contributed by atoms with van der Waals surface area (Å²) in [5, 5.41) is 7.99. The molecular formula is C19H22N4O3. The highest BCUT2D eigenvalue weighted by molar-refractivity contribution is 6.07. The maximum absolute atomic E-state index is 13.2. The minimum Gasteiger partial charge on any atom is -0.466 e. The molecular weight excluding hydrogens is 332 g/mol. The summed E-state index contributed by atoms with van der Waals surface area (Å²) >= 11 is 0. The SMILES string of the molecule is Cc1cc(-c2cc(C(=O)N(C)C3CCNC3)c3c(C)noc3n2)c(C)o1. The first-order chi connectivity index (χ1) is 12.5. The van der Waals surface area contributed by atoms with E-state index in [0.29, 0.717) is 28.1 Å². The number of fused-ring (bicyclic) bond motifs is 1. The van der Waals surface area contributed by atoms with Gasteiger partial charge in [0.2, 0.25) is 0 Å². The highest BCUT2D eigenvalue weighted by Gasteiger charge is 2.28. The highest BCUT2D eigenvalue weighted by Crippen LogP contribution is 2.31. The number of amides is 1. The Labute approximate surface area is 151 Å². The molecule has 1 atom stereocenters. The minimum absolute atomic E-state index is 0.0449. The fourth-order valence-electron chi connectivity index (χ4n) is 3.61. The van der Waals surface area contributed by atoms with E-state index in [0.717, 1.165) is 36.6 Å². The number of carbonyl (C=O) groups excluding carboxylic acids is 1. The van der Waals surface area contributed by atoms with Crippen LogP contribution in [0.25, 0.3) is 22.4 Å². The van der Waals surface area contributed by atoms with E-state index in [4.69, 9.17) is 8.94 Å². The van der Waals surface area contributed by atoms with E-state index in [2.05, 4.69) is 15.5 Å². The molecule has 1 fully saturated rings. The fraction of sp³-hybridized carbons (Fsp3) is 0.421. The number of furan rings is 1. The molecule has 1 unspecified atom stereocenters. The van der Waals surface area contributed by atoms with E-state index in [-0.39, 0.29) is 11.9 Å². The fourth-order valence-corrected chi connectivity index (χ4v) is 3.61. The van der Waals surface area contributed by atoms with Gasteiger partial charge in [-0.2, -0.15) is 0 Å². The number of hydrogen-bond acceptors (Lipinski definition) is 6. The van der Waals surface area contributed by atoms with Crippen molar-refractivity contribution in [1.82, 2.24) is 20.4 Å². The van der Waals surface area contributed by atoms with Crippen LogP contribution in [0.4, 0.5) is 0 Å². The Kier molecular flexibility index (Phi) is 4.03. The molecule has 0 bridgehead atoms. The lowest BCUT2D eigenvalue weighted by atomic mass is 10.0. The van der Waals surface area contributed by atoms with Crippen LogP contribution >= 0.6 is 0 Å². The molecule has 4 heterocycles. The van der Waals surface area contributed by atoms with Gasteiger partial charge in [-0.3, -0.25) is 4.79 Å². The lowest BCUT2D eigenvalue weighted by Gasteiger charge is -2.24. The van der Waals surface area contributed by atoms with E-state index in [9.17, 15) is 4.79 Å². The number of aryl methyl sites for hydroxylation is 3. The molecule has 0 saturated carbocycles. The summed E-state index contributed by atoms with van der Waals surface area (Å²) in [6.45, 7) is 7.34. The van der Waals surface area contributed by atoms with Crippen LogP contribution in [0.15, 0.2) is 21.1 Å². The molecule has 7 heteroatoms. The van der Waals surface area contributed by atoms with Gasteiger partial charge < -0.3 is 19.2 Å². The van der Waals surface area contributed by atoms with Crippen molar-refractivity contribution >= 4 is 17.0 Å². The number of hydrogen-bond donors (Lipinski definition) is 1. The third-order valence-corrected chi connectivity index (χ3v) is 5.07. The third kappa shape index (κ3) is 2.68. The molecule has 1 amide bonds. The molecule has 0 radical (unpaired) electrons. The lowest BCUT2D eigenvalue weighted by Crippen LogP contribution is -2.38. The van der Waals surface area contributed by atoms with Gasteiger partial charge >= 0.3 is 0 Å². The Morgan fingerprint density at radius 3 is 2.77 bits per heavy atom. The first kappa shape index (κ1) is 16.8. The number of carbonyl (C=O) groups is 1. The molecule has 3 aromatic rings. The molecule has 1 N–H and O–H groups in total. The number of aromatic nitrogens is 2. The first-order valence-corrected chi connectivity index (χ1v) is 8.78. The summed E-state index contributed by atoms with van der Waals surface area (Å²) in [4.78, 5) is 19.6. The summed E-state index contributed by atoms with van der Waals surface area (Å²) in [5.41, 5.74) is 3.12. The Bertz CT molecular complexity index is 982. The van der Waals surface area contributed by atoms with E-state index in [1.165, 1.54) is 0 Å². The third-order valence-electron chi connectivity index (χ3n) is 5.07. The number of nitrogens with zero attached hydrogens (tertiary/aromatic N) is 3. The quantitative estimate of drug-likeness (QED) is 0.778. The normalized spacial score (nSPS) is 17.2. The van der Waals surface area contributed by atoms with Gasteiger partial charge in [0.1, 0.15) is 11.5 Å². The largest absolute Gasteiger partial charge is 0.466 e. The Morgan fingerprint density at radius 1 is 1.31 bits per heavy atom. The molecule has 1 aliphatic rings. The van der Waals surface area contributed by atoms with Crippen molar-refractivity contribution in [2.24, 2.45) is 0 Å². The molecule has 26 heavy (non-hydrogen) atoms. The van der Waals surface area contributed by atoms with Gasteiger partial charge in [-0.25, -0.2) is 4.98 Å². The van der Waals surface area contributed by atoms with Gasteiger partial charge in [0.15, 0.2) is 0 Å². The molecule has 3 aromatic heterocycles. The summed E-state index contributed by atoms with van der Waals surface area (Å²) in [5.74, 6) is 1.52. The monoisotopic (exact) mass is 354 g/mol. The molecule has 1 aliphatic heterocycles. The van der Waals surface area contributed by atoms with Crippen LogP contribution in [0.3, 0.4) is 0 Å². The van der Waals surface area contributed by atoms with Crippen LogP contribution in [-0.2, 0) is 0 Å². The molecule has 0 aromatic carbocycles. The first-order valence-electron chi connectivity index (χ1n) is 8.78. The van der Waals surface area contributed by atoms with Crippen LogP contribution in [0.2, 0.25) is 0 Å².